The van der Waals surface area contributed by atoms with Gasteiger partial charge in [0.2, 0.25) is 0 Å². The van der Waals surface area contributed by atoms with E-state index >= 15 is 0 Å². The molecule has 108 valence electrons. The van der Waals surface area contributed by atoms with E-state index in [1.165, 1.54) is 6.07 Å². The molecule has 0 spiro atoms. The number of hydrogen-bond donors (Lipinski definition) is 1. The SMILES string of the molecule is CC.CC.CSc1ccc2c(OC#N)c(O)ccc2c1. The van der Waals surface area contributed by atoms with Crippen LogP contribution in [0.5, 0.6) is 11.5 Å². The molecule has 3 nitrogen and oxygen atoms in total. The fourth-order valence-electron chi connectivity index (χ4n) is 1.55. The molecule has 0 bridgehead atoms. The molecule has 0 unspecified atom stereocenters. The number of rotatable bonds is 2. The lowest BCUT2D eigenvalue weighted by Gasteiger charge is -2.06. The van der Waals surface area contributed by atoms with Crippen LogP contribution < -0.4 is 4.74 Å². The molecule has 0 amide bonds. The third kappa shape index (κ3) is 4.36. The molecule has 0 aromatic heterocycles. The minimum Gasteiger partial charge on any atom is -0.504 e. The summed E-state index contributed by atoms with van der Waals surface area (Å²) in [5.74, 6) is 0.193. The molecule has 0 fully saturated rings. The van der Waals surface area contributed by atoms with Gasteiger partial charge in [-0.1, -0.05) is 33.8 Å². The van der Waals surface area contributed by atoms with Crippen molar-refractivity contribution in [1.82, 2.24) is 0 Å². The van der Waals surface area contributed by atoms with E-state index in [1.54, 1.807) is 24.1 Å². The maximum Gasteiger partial charge on any atom is 0.292 e. The van der Waals surface area contributed by atoms with E-state index in [0.717, 1.165) is 15.7 Å². The molecule has 0 saturated heterocycles. The summed E-state index contributed by atoms with van der Waals surface area (Å²) in [4.78, 5) is 1.13. The van der Waals surface area contributed by atoms with Crippen LogP contribution >= 0.6 is 11.8 Å². The first kappa shape index (κ1) is 18.1. The quantitative estimate of drug-likeness (QED) is 0.612. The second-order valence-corrected chi connectivity index (χ2v) is 4.07. The fourth-order valence-corrected chi connectivity index (χ4v) is 2.00. The third-order valence-corrected chi connectivity index (χ3v) is 3.03. The molecular weight excluding hydrogens is 270 g/mol. The van der Waals surface area contributed by atoms with Crippen molar-refractivity contribution < 1.29 is 9.84 Å². The highest BCUT2D eigenvalue weighted by Gasteiger charge is 2.08. The van der Waals surface area contributed by atoms with Gasteiger partial charge >= 0.3 is 0 Å². The first-order chi connectivity index (χ1) is 9.76. The van der Waals surface area contributed by atoms with E-state index < -0.39 is 0 Å². The van der Waals surface area contributed by atoms with Gasteiger partial charge in [-0.3, -0.25) is 0 Å². The van der Waals surface area contributed by atoms with Gasteiger partial charge in [-0.15, -0.1) is 17.0 Å². The van der Waals surface area contributed by atoms with Gasteiger partial charge in [0.15, 0.2) is 11.5 Å². The maximum absolute atomic E-state index is 9.58. The molecular formula is C16H21NO2S. The standard InChI is InChI=1S/C12H9NO2S.2C2H6/c1-16-9-3-4-10-8(6-9)2-5-11(14)12(10)15-7-13;2*1-2/h2-6,14H,1H3;2*1-2H3. The number of nitriles is 1. The van der Waals surface area contributed by atoms with E-state index in [2.05, 4.69) is 0 Å². The first-order valence-corrected chi connectivity index (χ1v) is 7.84. The van der Waals surface area contributed by atoms with E-state index in [-0.39, 0.29) is 11.5 Å². The Labute approximate surface area is 125 Å². The van der Waals surface area contributed by atoms with Crippen molar-refractivity contribution in [3.8, 4) is 17.8 Å². The first-order valence-electron chi connectivity index (χ1n) is 6.62. The molecule has 2 aromatic rings. The molecule has 0 aliphatic heterocycles. The van der Waals surface area contributed by atoms with Crippen LogP contribution in [0.4, 0.5) is 0 Å². The minimum absolute atomic E-state index is 0.0223. The summed E-state index contributed by atoms with van der Waals surface area (Å²) >= 11 is 1.64. The minimum atomic E-state index is -0.0223. The van der Waals surface area contributed by atoms with Crippen LogP contribution in [0.15, 0.2) is 35.2 Å². The van der Waals surface area contributed by atoms with Gasteiger partial charge in [-0.05, 0) is 35.9 Å². The van der Waals surface area contributed by atoms with E-state index in [4.69, 9.17) is 10.00 Å². The molecule has 0 radical (unpaired) electrons. The van der Waals surface area contributed by atoms with Crippen LogP contribution in [0.2, 0.25) is 0 Å². The second kappa shape index (κ2) is 9.99. The van der Waals surface area contributed by atoms with Gasteiger partial charge < -0.3 is 9.84 Å². The van der Waals surface area contributed by atoms with Crippen LogP contribution in [0.1, 0.15) is 27.7 Å². The molecule has 0 saturated carbocycles. The van der Waals surface area contributed by atoms with Crippen LogP contribution in [0.25, 0.3) is 10.8 Å². The average Bonchev–Trinajstić information content (AvgIpc) is 2.53. The normalized spacial score (nSPS) is 8.60. The van der Waals surface area contributed by atoms with Crippen molar-refractivity contribution in [1.29, 1.82) is 5.26 Å². The van der Waals surface area contributed by atoms with E-state index in [0.29, 0.717) is 0 Å². The second-order valence-electron chi connectivity index (χ2n) is 3.19. The van der Waals surface area contributed by atoms with Crippen LogP contribution in [-0.4, -0.2) is 11.4 Å². The van der Waals surface area contributed by atoms with Crippen molar-refractivity contribution in [3.05, 3.63) is 30.3 Å². The number of benzene rings is 2. The average molecular weight is 291 g/mol. The summed E-state index contributed by atoms with van der Waals surface area (Å²) in [6.45, 7) is 8.00. The zero-order chi connectivity index (χ0) is 15.5. The Kier molecular flexibility index (Phi) is 9.06. The Balaban J connectivity index is 0.000000829. The maximum atomic E-state index is 9.58. The molecule has 1 N–H and O–H groups in total. The summed E-state index contributed by atoms with van der Waals surface area (Å²) in [7, 11) is 0. The van der Waals surface area contributed by atoms with Crippen molar-refractivity contribution in [2.45, 2.75) is 32.6 Å². The van der Waals surface area contributed by atoms with Crippen molar-refractivity contribution in [3.63, 3.8) is 0 Å². The molecule has 0 aliphatic rings. The van der Waals surface area contributed by atoms with Crippen LogP contribution in [0, 0.1) is 11.5 Å². The van der Waals surface area contributed by atoms with Crippen molar-refractivity contribution in [2.24, 2.45) is 0 Å². The number of ether oxygens (including phenoxy) is 1. The highest BCUT2D eigenvalue weighted by Crippen LogP contribution is 2.36. The zero-order valence-electron chi connectivity index (χ0n) is 12.6. The molecule has 0 atom stereocenters. The third-order valence-electron chi connectivity index (χ3n) is 2.30. The van der Waals surface area contributed by atoms with Gasteiger partial charge in [0.1, 0.15) is 0 Å². The van der Waals surface area contributed by atoms with Gasteiger partial charge in [0.25, 0.3) is 6.26 Å². The Morgan fingerprint density at radius 3 is 2.30 bits per heavy atom. The predicted octanol–water partition coefficient (Wildman–Crippen LogP) is 5.18. The van der Waals surface area contributed by atoms with Gasteiger partial charge in [0.05, 0.1) is 0 Å². The van der Waals surface area contributed by atoms with Crippen LogP contribution in [0.3, 0.4) is 0 Å². The van der Waals surface area contributed by atoms with Gasteiger partial charge in [0, 0.05) is 10.3 Å². The lowest BCUT2D eigenvalue weighted by atomic mass is 10.1. The van der Waals surface area contributed by atoms with Crippen LogP contribution in [-0.2, 0) is 0 Å². The van der Waals surface area contributed by atoms with E-state index in [1.807, 2.05) is 52.1 Å². The summed E-state index contributed by atoms with van der Waals surface area (Å²) in [6, 6.07) is 9.08. The Hall–Kier alpha value is -1.86. The smallest absolute Gasteiger partial charge is 0.292 e. The Morgan fingerprint density at radius 2 is 1.75 bits per heavy atom. The van der Waals surface area contributed by atoms with Gasteiger partial charge in [-0.25, -0.2) is 0 Å². The zero-order valence-corrected chi connectivity index (χ0v) is 13.4. The molecule has 4 heteroatoms. The molecule has 0 heterocycles. The molecule has 20 heavy (non-hydrogen) atoms. The summed E-state index contributed by atoms with van der Waals surface area (Å²) in [5.41, 5.74) is 0. The number of aromatic hydroxyl groups is 1. The summed E-state index contributed by atoms with van der Waals surface area (Å²) in [5, 5.41) is 19.8. The Morgan fingerprint density at radius 1 is 1.10 bits per heavy atom. The molecule has 2 rings (SSSR count). The Bertz CT molecular complexity index is 576. The molecule has 2 aromatic carbocycles. The number of phenols is 1. The number of thioether (sulfide) groups is 1. The lowest BCUT2D eigenvalue weighted by Crippen LogP contribution is -1.85. The summed E-state index contributed by atoms with van der Waals surface area (Å²) < 4.78 is 4.77. The number of nitrogens with zero attached hydrogens (tertiary/aromatic N) is 1. The highest BCUT2D eigenvalue weighted by atomic mass is 32.2. The van der Waals surface area contributed by atoms with Crippen molar-refractivity contribution in [2.75, 3.05) is 6.26 Å². The number of fused-ring (bicyclic) bond motifs is 1. The molecule has 0 aliphatic carbocycles. The highest BCUT2D eigenvalue weighted by molar-refractivity contribution is 7.98. The van der Waals surface area contributed by atoms with Gasteiger partial charge in [-0.2, -0.15) is 0 Å². The lowest BCUT2D eigenvalue weighted by molar-refractivity contribution is 0.424. The number of phenolic OH excluding ortho intramolecular Hbond substituents is 1. The fraction of sp³-hybridized carbons (Fsp3) is 0.312. The predicted molar refractivity (Wildman–Crippen MR) is 86.3 cm³/mol. The van der Waals surface area contributed by atoms with E-state index in [9.17, 15) is 5.11 Å². The monoisotopic (exact) mass is 291 g/mol. The topological polar surface area (TPSA) is 53.2 Å². The largest absolute Gasteiger partial charge is 0.504 e. The van der Waals surface area contributed by atoms with Crippen molar-refractivity contribution >= 4 is 22.5 Å². The summed E-state index contributed by atoms with van der Waals surface area (Å²) in [6.07, 6.45) is 3.57. The number of hydrogen-bond acceptors (Lipinski definition) is 4.